The normalized spacial score (nSPS) is 21.6. The summed E-state index contributed by atoms with van der Waals surface area (Å²) in [5.74, 6) is -0.901. The van der Waals surface area contributed by atoms with Crippen molar-refractivity contribution >= 4 is 5.97 Å². The lowest BCUT2D eigenvalue weighted by Crippen LogP contribution is -2.43. The van der Waals surface area contributed by atoms with E-state index in [-0.39, 0.29) is 6.54 Å². The van der Waals surface area contributed by atoms with Gasteiger partial charge in [-0.25, -0.2) is 0 Å². The number of hydrogen-bond acceptors (Lipinski definition) is 3. The highest BCUT2D eigenvalue weighted by atomic mass is 19.4. The van der Waals surface area contributed by atoms with Crippen molar-refractivity contribution in [3.63, 3.8) is 0 Å². The van der Waals surface area contributed by atoms with Crippen LogP contribution >= 0.6 is 0 Å². The Hall–Kier alpha value is -0.820. The number of carboxylic acid groups (broad SMARTS) is 1. The van der Waals surface area contributed by atoms with Gasteiger partial charge in [-0.3, -0.25) is 14.6 Å². The lowest BCUT2D eigenvalue weighted by atomic mass is 10.2. The highest BCUT2D eigenvalue weighted by Crippen LogP contribution is 2.18. The molecule has 1 aliphatic rings. The number of carbonyl (C=O) groups is 1. The zero-order chi connectivity index (χ0) is 13.8. The summed E-state index contributed by atoms with van der Waals surface area (Å²) in [4.78, 5) is 14.1. The van der Waals surface area contributed by atoms with Crippen molar-refractivity contribution < 1.29 is 23.1 Å². The van der Waals surface area contributed by atoms with Crippen LogP contribution in [-0.2, 0) is 4.79 Å². The van der Waals surface area contributed by atoms with Crippen molar-refractivity contribution in [3.05, 3.63) is 0 Å². The van der Waals surface area contributed by atoms with E-state index in [0.29, 0.717) is 32.5 Å². The molecule has 1 rings (SSSR count). The van der Waals surface area contributed by atoms with E-state index in [1.165, 1.54) is 4.90 Å². The minimum Gasteiger partial charge on any atom is -0.480 e. The summed E-state index contributed by atoms with van der Waals surface area (Å²) < 4.78 is 36.8. The molecule has 0 unspecified atom stereocenters. The minimum atomic E-state index is -4.19. The predicted molar refractivity (Wildman–Crippen MR) is 60.4 cm³/mol. The Morgan fingerprint density at radius 3 is 2.44 bits per heavy atom. The van der Waals surface area contributed by atoms with Crippen LogP contribution in [0.25, 0.3) is 0 Å². The molecule has 0 radical (unpaired) electrons. The van der Waals surface area contributed by atoms with Crippen LogP contribution in [0.4, 0.5) is 13.2 Å². The highest BCUT2D eigenvalue weighted by Gasteiger charge is 2.32. The molecule has 1 aliphatic heterocycles. The van der Waals surface area contributed by atoms with Gasteiger partial charge in [0.05, 0.1) is 6.54 Å². The van der Waals surface area contributed by atoms with Crippen LogP contribution < -0.4 is 0 Å². The average Bonchev–Trinajstić information content (AvgIpc) is 2.42. The van der Waals surface area contributed by atoms with E-state index >= 15 is 0 Å². The molecule has 0 aromatic rings. The van der Waals surface area contributed by atoms with Crippen LogP contribution in [0.5, 0.6) is 0 Å². The SMILES string of the molecule is CC[C@@H](C(=O)O)N1CCCN(CC(F)(F)F)CC1. The summed E-state index contributed by atoms with van der Waals surface area (Å²) in [7, 11) is 0. The van der Waals surface area contributed by atoms with Gasteiger partial charge in [-0.1, -0.05) is 6.92 Å². The molecule has 106 valence electrons. The number of nitrogens with zero attached hydrogens (tertiary/aromatic N) is 2. The van der Waals surface area contributed by atoms with Gasteiger partial charge in [0.1, 0.15) is 6.04 Å². The van der Waals surface area contributed by atoms with Crippen LogP contribution in [-0.4, -0.2) is 65.8 Å². The van der Waals surface area contributed by atoms with Crippen LogP contribution in [0.15, 0.2) is 0 Å². The number of aliphatic carboxylic acids is 1. The standard InChI is InChI=1S/C11H19F3N2O2/c1-2-9(10(17)18)16-5-3-4-15(6-7-16)8-11(12,13)14/h9H,2-8H2,1H3,(H,17,18)/t9-/m0/s1. The lowest BCUT2D eigenvalue weighted by Gasteiger charge is -2.26. The zero-order valence-electron chi connectivity index (χ0n) is 10.4. The number of hydrogen-bond donors (Lipinski definition) is 1. The molecule has 1 saturated heterocycles. The quantitative estimate of drug-likeness (QED) is 0.837. The Bertz CT molecular complexity index is 284. The van der Waals surface area contributed by atoms with Crippen molar-refractivity contribution in [1.29, 1.82) is 0 Å². The van der Waals surface area contributed by atoms with Gasteiger partial charge in [-0.2, -0.15) is 13.2 Å². The second kappa shape index (κ2) is 6.38. The fourth-order valence-corrected chi connectivity index (χ4v) is 2.30. The second-order valence-corrected chi connectivity index (χ2v) is 4.54. The Labute approximate surface area is 104 Å². The molecule has 0 bridgehead atoms. The Morgan fingerprint density at radius 2 is 1.94 bits per heavy atom. The van der Waals surface area contributed by atoms with E-state index < -0.39 is 24.7 Å². The first-order chi connectivity index (χ1) is 8.33. The van der Waals surface area contributed by atoms with Crippen molar-refractivity contribution in [3.8, 4) is 0 Å². The monoisotopic (exact) mass is 268 g/mol. The van der Waals surface area contributed by atoms with E-state index in [2.05, 4.69) is 0 Å². The topological polar surface area (TPSA) is 43.8 Å². The predicted octanol–water partition coefficient (Wildman–Crippen LogP) is 1.42. The fourth-order valence-electron chi connectivity index (χ4n) is 2.30. The maximum absolute atomic E-state index is 12.3. The van der Waals surface area contributed by atoms with E-state index in [4.69, 9.17) is 5.11 Å². The van der Waals surface area contributed by atoms with Gasteiger partial charge in [0.15, 0.2) is 0 Å². The maximum atomic E-state index is 12.3. The molecule has 1 N–H and O–H groups in total. The molecule has 0 saturated carbocycles. The molecular weight excluding hydrogens is 249 g/mol. The maximum Gasteiger partial charge on any atom is 0.401 e. The number of alkyl halides is 3. The second-order valence-electron chi connectivity index (χ2n) is 4.54. The smallest absolute Gasteiger partial charge is 0.401 e. The first-order valence-corrected chi connectivity index (χ1v) is 6.09. The molecular formula is C11H19F3N2O2. The van der Waals surface area contributed by atoms with Crippen LogP contribution in [0.1, 0.15) is 19.8 Å². The highest BCUT2D eigenvalue weighted by molar-refractivity contribution is 5.73. The first kappa shape index (κ1) is 15.2. The fraction of sp³-hybridized carbons (Fsp3) is 0.909. The van der Waals surface area contributed by atoms with Crippen molar-refractivity contribution in [2.75, 3.05) is 32.7 Å². The Morgan fingerprint density at radius 1 is 1.28 bits per heavy atom. The summed E-state index contributed by atoms with van der Waals surface area (Å²) in [6.45, 7) is 2.41. The third-order valence-corrected chi connectivity index (χ3v) is 3.14. The molecule has 18 heavy (non-hydrogen) atoms. The Kier molecular flexibility index (Phi) is 5.40. The van der Waals surface area contributed by atoms with E-state index in [0.717, 1.165) is 0 Å². The number of carboxylic acids is 1. The molecule has 0 spiro atoms. The third kappa shape index (κ3) is 4.81. The third-order valence-electron chi connectivity index (χ3n) is 3.14. The molecule has 1 atom stereocenters. The van der Waals surface area contributed by atoms with E-state index in [9.17, 15) is 18.0 Å². The van der Waals surface area contributed by atoms with Crippen molar-refractivity contribution in [2.45, 2.75) is 32.0 Å². The average molecular weight is 268 g/mol. The molecule has 1 heterocycles. The molecule has 7 heteroatoms. The molecule has 0 amide bonds. The van der Waals surface area contributed by atoms with E-state index in [1.807, 2.05) is 0 Å². The van der Waals surface area contributed by atoms with Gasteiger partial charge in [0.25, 0.3) is 0 Å². The lowest BCUT2D eigenvalue weighted by molar-refractivity contribution is -0.147. The van der Waals surface area contributed by atoms with Gasteiger partial charge >= 0.3 is 12.1 Å². The van der Waals surface area contributed by atoms with Gasteiger partial charge in [0.2, 0.25) is 0 Å². The van der Waals surface area contributed by atoms with Crippen LogP contribution in [0, 0.1) is 0 Å². The number of halogens is 3. The molecule has 0 aliphatic carbocycles. The summed E-state index contributed by atoms with van der Waals surface area (Å²) >= 11 is 0. The Balaban J connectivity index is 2.53. The molecule has 1 fully saturated rings. The first-order valence-electron chi connectivity index (χ1n) is 6.09. The van der Waals surface area contributed by atoms with Crippen molar-refractivity contribution in [1.82, 2.24) is 9.80 Å². The largest absolute Gasteiger partial charge is 0.480 e. The number of rotatable bonds is 4. The molecule has 0 aromatic heterocycles. The van der Waals surface area contributed by atoms with Gasteiger partial charge in [-0.05, 0) is 19.4 Å². The van der Waals surface area contributed by atoms with E-state index in [1.54, 1.807) is 11.8 Å². The zero-order valence-corrected chi connectivity index (χ0v) is 10.4. The summed E-state index contributed by atoms with van der Waals surface area (Å²) in [6, 6.07) is -0.587. The molecule has 4 nitrogen and oxygen atoms in total. The molecule has 0 aromatic carbocycles. The summed E-state index contributed by atoms with van der Waals surface area (Å²) in [6.07, 6.45) is -3.15. The summed E-state index contributed by atoms with van der Waals surface area (Å²) in [5.41, 5.74) is 0. The minimum absolute atomic E-state index is 0.267. The summed E-state index contributed by atoms with van der Waals surface area (Å²) in [5, 5.41) is 9.03. The van der Waals surface area contributed by atoms with Crippen LogP contribution in [0.2, 0.25) is 0 Å². The van der Waals surface area contributed by atoms with Gasteiger partial charge in [-0.15, -0.1) is 0 Å². The van der Waals surface area contributed by atoms with Gasteiger partial charge in [0, 0.05) is 19.6 Å². The van der Waals surface area contributed by atoms with Crippen molar-refractivity contribution in [2.24, 2.45) is 0 Å². The van der Waals surface area contributed by atoms with Crippen LogP contribution in [0.3, 0.4) is 0 Å². The van der Waals surface area contributed by atoms with Gasteiger partial charge < -0.3 is 5.11 Å².